The molecule has 1 aliphatic heterocycles. The summed E-state index contributed by atoms with van der Waals surface area (Å²) in [5, 5.41) is 35.3. The first-order chi connectivity index (χ1) is 21.2. The molecule has 0 aromatic rings. The van der Waals surface area contributed by atoms with Crippen molar-refractivity contribution >= 4 is 17.7 Å². The summed E-state index contributed by atoms with van der Waals surface area (Å²) < 4.78 is 18.5. The predicted molar refractivity (Wildman–Crippen MR) is 167 cm³/mol. The Hall–Kier alpha value is -1.81. The second-order valence-corrected chi connectivity index (χ2v) is 15.5. The van der Waals surface area contributed by atoms with E-state index in [-0.39, 0.29) is 12.8 Å². The highest BCUT2D eigenvalue weighted by Crippen LogP contribution is 2.79. The number of esters is 2. The van der Waals surface area contributed by atoms with Crippen molar-refractivity contribution in [2.75, 3.05) is 6.61 Å². The second-order valence-electron chi connectivity index (χ2n) is 15.5. The summed E-state index contributed by atoms with van der Waals surface area (Å²) >= 11 is 0. The summed E-state index contributed by atoms with van der Waals surface area (Å²) in [4.78, 5) is 39.4. The van der Waals surface area contributed by atoms with E-state index in [1.165, 1.54) is 51.9 Å². The molecule has 10 atom stereocenters. The third-order valence-corrected chi connectivity index (χ3v) is 12.4. The number of fused-ring (bicyclic) bond motifs is 7. The zero-order valence-corrected chi connectivity index (χ0v) is 28.2. The van der Waals surface area contributed by atoms with E-state index in [1.54, 1.807) is 19.9 Å². The topological polar surface area (TPSA) is 143 Å². The van der Waals surface area contributed by atoms with Crippen molar-refractivity contribution in [1.82, 2.24) is 0 Å². The van der Waals surface area contributed by atoms with Crippen molar-refractivity contribution in [2.24, 2.45) is 29.1 Å². The number of rotatable bonds is 15. The van der Waals surface area contributed by atoms with Gasteiger partial charge in [-0.1, -0.05) is 98.0 Å². The van der Waals surface area contributed by atoms with E-state index in [0.29, 0.717) is 12.0 Å². The largest absolute Gasteiger partial charge is 0.458 e. The maximum Gasteiger partial charge on any atom is 0.306 e. The standard InChI is InChI=1S/C36H56O9/c1-7-8-9-10-11-12-13-14-15-16-17-18-26(39)43-30-23(3)35(42)25-19-22(2)29(40)34(25,41)20-33(21-37)31(45-33)27(35)28-32(5,6)36(28,30)44-24(4)38/h19,23,25,27-28,30-31,37,41-42H,7-18,20-21H2,1-6H3. The summed E-state index contributed by atoms with van der Waals surface area (Å²) in [7, 11) is 0. The maximum atomic E-state index is 13.4. The molecular weight excluding hydrogens is 576 g/mol. The van der Waals surface area contributed by atoms with Crippen LogP contribution in [0.2, 0.25) is 0 Å². The third kappa shape index (κ3) is 5.32. The van der Waals surface area contributed by atoms with Gasteiger partial charge in [-0.15, -0.1) is 0 Å². The summed E-state index contributed by atoms with van der Waals surface area (Å²) in [5.74, 6) is -4.44. The molecular formula is C36H56O9. The van der Waals surface area contributed by atoms with E-state index in [4.69, 9.17) is 14.2 Å². The molecule has 0 aromatic heterocycles. The number of carbonyl (C=O) groups is 3. The smallest absolute Gasteiger partial charge is 0.306 e. The van der Waals surface area contributed by atoms with Crippen LogP contribution in [-0.4, -0.2) is 74.3 Å². The first-order valence-corrected chi connectivity index (χ1v) is 17.5. The molecule has 4 fully saturated rings. The lowest BCUT2D eigenvalue weighted by Crippen LogP contribution is -2.67. The van der Waals surface area contributed by atoms with E-state index >= 15 is 0 Å². The maximum absolute atomic E-state index is 13.4. The first-order valence-electron chi connectivity index (χ1n) is 17.5. The Morgan fingerprint density at radius 3 is 2.13 bits per heavy atom. The van der Waals surface area contributed by atoms with E-state index in [2.05, 4.69) is 6.92 Å². The van der Waals surface area contributed by atoms with Gasteiger partial charge in [0.05, 0.1) is 18.3 Å². The molecule has 1 saturated heterocycles. The zero-order valence-electron chi connectivity index (χ0n) is 28.2. The van der Waals surface area contributed by atoms with Crippen molar-refractivity contribution in [1.29, 1.82) is 0 Å². The van der Waals surface area contributed by atoms with Gasteiger partial charge in [0.25, 0.3) is 0 Å². The van der Waals surface area contributed by atoms with Crippen LogP contribution in [0.3, 0.4) is 0 Å². The Kier molecular flexibility index (Phi) is 9.46. The van der Waals surface area contributed by atoms with Crippen LogP contribution >= 0.6 is 0 Å². The lowest BCUT2D eigenvalue weighted by Gasteiger charge is -2.53. The number of carbonyl (C=O) groups excluding carboxylic acids is 3. The van der Waals surface area contributed by atoms with Crippen LogP contribution in [-0.2, 0) is 28.6 Å². The molecule has 0 aromatic carbocycles. The number of unbranched alkanes of at least 4 members (excludes halogenated alkanes) is 10. The molecule has 10 unspecified atom stereocenters. The van der Waals surface area contributed by atoms with Crippen LogP contribution in [0.25, 0.3) is 0 Å². The van der Waals surface area contributed by atoms with Crippen molar-refractivity contribution in [3.63, 3.8) is 0 Å². The van der Waals surface area contributed by atoms with Crippen molar-refractivity contribution < 1.29 is 43.9 Å². The lowest BCUT2D eigenvalue weighted by atomic mass is 9.58. The minimum absolute atomic E-state index is 0.152. The molecule has 0 radical (unpaired) electrons. The molecule has 9 nitrogen and oxygen atoms in total. The molecule has 254 valence electrons. The zero-order chi connectivity index (χ0) is 33.0. The van der Waals surface area contributed by atoms with Gasteiger partial charge in [0.2, 0.25) is 0 Å². The molecule has 0 spiro atoms. The highest BCUT2D eigenvalue weighted by atomic mass is 16.6. The van der Waals surface area contributed by atoms with Crippen LogP contribution in [0.15, 0.2) is 11.6 Å². The number of hydrogen-bond donors (Lipinski definition) is 3. The number of ketones is 1. The molecule has 5 aliphatic rings. The fourth-order valence-electron chi connectivity index (χ4n) is 10.0. The minimum Gasteiger partial charge on any atom is -0.458 e. The third-order valence-electron chi connectivity index (χ3n) is 12.4. The van der Waals surface area contributed by atoms with Crippen LogP contribution in [0, 0.1) is 29.1 Å². The van der Waals surface area contributed by atoms with Gasteiger partial charge in [-0.25, -0.2) is 0 Å². The number of aliphatic hydroxyl groups is 3. The van der Waals surface area contributed by atoms with Crippen molar-refractivity contribution in [2.45, 2.75) is 160 Å². The highest BCUT2D eigenvalue weighted by molar-refractivity contribution is 6.04. The Bertz CT molecular complexity index is 1190. The van der Waals surface area contributed by atoms with Gasteiger partial charge in [-0.2, -0.15) is 0 Å². The average molecular weight is 633 g/mol. The quantitative estimate of drug-likeness (QED) is 0.130. The van der Waals surface area contributed by atoms with Gasteiger partial charge in [-0.05, 0) is 18.9 Å². The first kappa shape index (κ1) is 34.5. The number of hydrogen-bond acceptors (Lipinski definition) is 9. The summed E-state index contributed by atoms with van der Waals surface area (Å²) in [6.45, 7) is 10.4. The second kappa shape index (κ2) is 12.3. The molecule has 3 N–H and O–H groups in total. The Morgan fingerprint density at radius 1 is 1.00 bits per heavy atom. The fraction of sp³-hybridized carbons (Fsp3) is 0.861. The van der Waals surface area contributed by atoms with Gasteiger partial charge in [0.15, 0.2) is 11.4 Å². The van der Waals surface area contributed by atoms with Gasteiger partial charge < -0.3 is 29.5 Å². The normalized spacial score (nSPS) is 42.0. The van der Waals surface area contributed by atoms with Crippen LogP contribution in [0.4, 0.5) is 0 Å². The fourth-order valence-corrected chi connectivity index (χ4v) is 10.0. The molecule has 4 aliphatic carbocycles. The minimum atomic E-state index is -1.98. The SMILES string of the molecule is CCCCCCCCCCCCCC(=O)OC1C(C)C2(O)C(C3OC3(CO)CC3(O)C(=O)C(C)=CC32)C2C(C)(C)C12OC(C)=O. The van der Waals surface area contributed by atoms with Gasteiger partial charge in [0, 0.05) is 48.9 Å². The van der Waals surface area contributed by atoms with Crippen molar-refractivity contribution in [3.05, 3.63) is 11.6 Å². The molecule has 0 amide bonds. The highest BCUT2D eigenvalue weighted by Gasteiger charge is 2.92. The van der Waals surface area contributed by atoms with Crippen LogP contribution in [0.1, 0.15) is 125 Å². The van der Waals surface area contributed by atoms with Crippen LogP contribution < -0.4 is 0 Å². The Balaban J connectivity index is 1.33. The molecule has 5 rings (SSSR count). The Labute approximate surface area is 268 Å². The lowest BCUT2D eigenvalue weighted by molar-refractivity contribution is -0.237. The van der Waals surface area contributed by atoms with Crippen molar-refractivity contribution in [3.8, 4) is 0 Å². The number of epoxide rings is 1. The molecule has 3 saturated carbocycles. The number of aliphatic hydroxyl groups excluding tert-OH is 1. The van der Waals surface area contributed by atoms with Gasteiger partial charge in [0.1, 0.15) is 17.3 Å². The predicted octanol–water partition coefficient (Wildman–Crippen LogP) is 4.96. The van der Waals surface area contributed by atoms with Gasteiger partial charge in [-0.3, -0.25) is 14.4 Å². The van der Waals surface area contributed by atoms with Gasteiger partial charge >= 0.3 is 11.9 Å². The summed E-state index contributed by atoms with van der Waals surface area (Å²) in [5.41, 5.74) is -6.53. The number of ether oxygens (including phenoxy) is 3. The molecule has 0 bridgehead atoms. The summed E-state index contributed by atoms with van der Waals surface area (Å²) in [6, 6.07) is 0. The van der Waals surface area contributed by atoms with E-state index in [9.17, 15) is 29.7 Å². The monoisotopic (exact) mass is 632 g/mol. The molecule has 1 heterocycles. The molecule has 9 heteroatoms. The van der Waals surface area contributed by atoms with E-state index in [0.717, 1.165) is 19.3 Å². The average Bonchev–Trinajstić information content (AvgIpc) is 3.78. The Morgan fingerprint density at radius 2 is 1.58 bits per heavy atom. The summed E-state index contributed by atoms with van der Waals surface area (Å²) in [6.07, 6.45) is 12.8. The van der Waals surface area contributed by atoms with Crippen LogP contribution in [0.5, 0.6) is 0 Å². The number of Topliss-reactive ketones (excluding diaryl/α,β-unsaturated/α-hetero) is 1. The van der Waals surface area contributed by atoms with E-state index in [1.807, 2.05) is 13.8 Å². The molecule has 45 heavy (non-hydrogen) atoms. The van der Waals surface area contributed by atoms with E-state index < -0.39 is 88.0 Å².